The Morgan fingerprint density at radius 1 is 1.33 bits per heavy atom. The second-order valence-corrected chi connectivity index (χ2v) is 5.66. The molecule has 2 N–H and O–H groups in total. The Kier molecular flexibility index (Phi) is 4.15. The monoisotopic (exact) mass is 269 g/mol. The van der Waals surface area contributed by atoms with Crippen molar-refractivity contribution in [1.29, 1.82) is 0 Å². The van der Waals surface area contributed by atoms with E-state index < -0.39 is 5.60 Å². The minimum atomic E-state index is -0.582. The van der Waals surface area contributed by atoms with Crippen LogP contribution in [0.3, 0.4) is 0 Å². The Hall–Kier alpha value is -0.770. The lowest BCUT2D eigenvalue weighted by Crippen LogP contribution is -2.39. The van der Waals surface area contributed by atoms with Crippen LogP contribution in [-0.2, 0) is 6.61 Å². The maximum absolute atomic E-state index is 10.4. The predicted molar refractivity (Wildman–Crippen MR) is 74.1 cm³/mol. The molecule has 100 valence electrons. The van der Waals surface area contributed by atoms with Crippen molar-refractivity contribution in [3.63, 3.8) is 0 Å². The van der Waals surface area contributed by atoms with Crippen LogP contribution >= 0.6 is 11.6 Å². The van der Waals surface area contributed by atoms with Gasteiger partial charge in [0.2, 0.25) is 0 Å². The van der Waals surface area contributed by atoms with Gasteiger partial charge in [0, 0.05) is 29.9 Å². The van der Waals surface area contributed by atoms with Crippen molar-refractivity contribution < 1.29 is 10.2 Å². The third-order valence-corrected chi connectivity index (χ3v) is 3.92. The summed E-state index contributed by atoms with van der Waals surface area (Å²) in [5.41, 5.74) is 1.15. The fourth-order valence-corrected chi connectivity index (χ4v) is 2.97. The quantitative estimate of drug-likeness (QED) is 0.883. The first-order valence-corrected chi connectivity index (χ1v) is 6.75. The third kappa shape index (κ3) is 2.97. The molecule has 0 amide bonds. The topological polar surface area (TPSA) is 43.7 Å². The van der Waals surface area contributed by atoms with Gasteiger partial charge in [0.05, 0.1) is 12.2 Å². The molecule has 1 fully saturated rings. The number of benzene rings is 1. The van der Waals surface area contributed by atoms with E-state index in [2.05, 4.69) is 0 Å². The van der Waals surface area contributed by atoms with Crippen LogP contribution in [0.15, 0.2) is 18.2 Å². The molecule has 1 aliphatic rings. The van der Waals surface area contributed by atoms with E-state index in [0.717, 1.165) is 36.9 Å². The number of aliphatic hydroxyl groups is 2. The average Bonchev–Trinajstić information content (AvgIpc) is 2.75. The van der Waals surface area contributed by atoms with E-state index >= 15 is 0 Å². The lowest BCUT2D eigenvalue weighted by molar-refractivity contribution is 0.0558. The SMILES string of the molecule is CN(CC1(O)CCCC1)c1ccc(Cl)cc1CO. The van der Waals surface area contributed by atoms with Gasteiger partial charge in [-0.15, -0.1) is 0 Å². The van der Waals surface area contributed by atoms with Crippen LogP contribution in [0.25, 0.3) is 0 Å². The molecule has 0 bridgehead atoms. The number of rotatable bonds is 4. The van der Waals surface area contributed by atoms with Crippen molar-refractivity contribution >= 4 is 17.3 Å². The fourth-order valence-electron chi connectivity index (χ4n) is 2.77. The summed E-state index contributed by atoms with van der Waals surface area (Å²) in [5, 5.41) is 20.4. The maximum atomic E-state index is 10.4. The minimum absolute atomic E-state index is 0.0430. The van der Waals surface area contributed by atoms with Gasteiger partial charge in [-0.05, 0) is 31.0 Å². The number of anilines is 1. The number of hydrogen-bond donors (Lipinski definition) is 2. The van der Waals surface area contributed by atoms with Gasteiger partial charge in [0.25, 0.3) is 0 Å². The second-order valence-electron chi connectivity index (χ2n) is 5.22. The van der Waals surface area contributed by atoms with Gasteiger partial charge in [-0.2, -0.15) is 0 Å². The number of aliphatic hydroxyl groups excluding tert-OH is 1. The average molecular weight is 270 g/mol. The first kappa shape index (κ1) is 13.7. The predicted octanol–water partition coefficient (Wildman–Crippen LogP) is 2.57. The summed E-state index contributed by atoms with van der Waals surface area (Å²) >= 11 is 5.92. The Bertz CT molecular complexity index is 416. The largest absolute Gasteiger partial charge is 0.392 e. The van der Waals surface area contributed by atoms with E-state index in [4.69, 9.17) is 11.6 Å². The molecule has 0 atom stereocenters. The van der Waals surface area contributed by atoms with Crippen LogP contribution < -0.4 is 4.90 Å². The summed E-state index contributed by atoms with van der Waals surface area (Å²) in [6.45, 7) is 0.556. The van der Waals surface area contributed by atoms with E-state index in [1.165, 1.54) is 0 Å². The van der Waals surface area contributed by atoms with Gasteiger partial charge in [-0.25, -0.2) is 0 Å². The summed E-state index contributed by atoms with van der Waals surface area (Å²) in [7, 11) is 1.94. The molecule has 1 saturated carbocycles. The highest BCUT2D eigenvalue weighted by Crippen LogP contribution is 2.32. The molecule has 1 aromatic rings. The number of likely N-dealkylation sites (N-methyl/N-ethyl adjacent to an activating group) is 1. The highest BCUT2D eigenvalue weighted by atomic mass is 35.5. The standard InChI is InChI=1S/C14H20ClNO2/c1-16(10-14(18)6-2-3-7-14)13-5-4-12(15)8-11(13)9-17/h4-5,8,17-18H,2-3,6-7,9-10H2,1H3. The van der Waals surface area contributed by atoms with Crippen molar-refractivity contribution in [3.05, 3.63) is 28.8 Å². The van der Waals surface area contributed by atoms with E-state index in [1.807, 2.05) is 24.1 Å². The van der Waals surface area contributed by atoms with Crippen LogP contribution in [0, 0.1) is 0 Å². The van der Waals surface area contributed by atoms with Crippen molar-refractivity contribution in [1.82, 2.24) is 0 Å². The molecule has 0 radical (unpaired) electrons. The molecule has 0 saturated heterocycles. The molecule has 0 unspecified atom stereocenters. The van der Waals surface area contributed by atoms with Crippen molar-refractivity contribution in [2.75, 3.05) is 18.5 Å². The Morgan fingerprint density at radius 2 is 2.00 bits per heavy atom. The molecule has 1 aromatic carbocycles. The number of halogens is 1. The van der Waals surface area contributed by atoms with Gasteiger partial charge >= 0.3 is 0 Å². The summed E-state index contributed by atoms with van der Waals surface area (Å²) in [5.74, 6) is 0. The lowest BCUT2D eigenvalue weighted by Gasteiger charge is -2.31. The second kappa shape index (κ2) is 5.47. The zero-order chi connectivity index (χ0) is 13.2. The smallest absolute Gasteiger partial charge is 0.0821 e. The normalized spacial score (nSPS) is 18.0. The summed E-state index contributed by atoms with van der Waals surface area (Å²) in [6.07, 6.45) is 3.91. The fraction of sp³-hybridized carbons (Fsp3) is 0.571. The van der Waals surface area contributed by atoms with Crippen LogP contribution in [0.2, 0.25) is 5.02 Å². The van der Waals surface area contributed by atoms with Crippen molar-refractivity contribution in [2.24, 2.45) is 0 Å². The molecule has 2 rings (SSSR count). The number of hydrogen-bond acceptors (Lipinski definition) is 3. The lowest BCUT2D eigenvalue weighted by atomic mass is 10.0. The first-order valence-electron chi connectivity index (χ1n) is 6.37. The van der Waals surface area contributed by atoms with Gasteiger partial charge < -0.3 is 15.1 Å². The molecule has 18 heavy (non-hydrogen) atoms. The van der Waals surface area contributed by atoms with Crippen LogP contribution in [0.1, 0.15) is 31.2 Å². The highest BCUT2D eigenvalue weighted by Gasteiger charge is 2.32. The Morgan fingerprint density at radius 3 is 2.61 bits per heavy atom. The summed E-state index contributed by atoms with van der Waals surface area (Å²) < 4.78 is 0. The zero-order valence-electron chi connectivity index (χ0n) is 10.7. The van der Waals surface area contributed by atoms with Gasteiger partial charge in [-0.1, -0.05) is 24.4 Å². The Balaban J connectivity index is 2.15. The van der Waals surface area contributed by atoms with E-state index in [0.29, 0.717) is 11.6 Å². The van der Waals surface area contributed by atoms with Crippen molar-refractivity contribution in [3.8, 4) is 0 Å². The highest BCUT2D eigenvalue weighted by molar-refractivity contribution is 6.30. The molecule has 0 aromatic heterocycles. The molecule has 1 aliphatic carbocycles. The summed E-state index contributed by atoms with van der Waals surface area (Å²) in [4.78, 5) is 2.01. The molecular weight excluding hydrogens is 250 g/mol. The first-order chi connectivity index (χ1) is 8.54. The van der Waals surface area contributed by atoms with Crippen molar-refractivity contribution in [2.45, 2.75) is 37.9 Å². The number of nitrogens with zero attached hydrogens (tertiary/aromatic N) is 1. The molecule has 0 spiro atoms. The van der Waals surface area contributed by atoms with Crippen LogP contribution in [0.4, 0.5) is 5.69 Å². The summed E-state index contributed by atoms with van der Waals surface area (Å²) in [6, 6.07) is 5.48. The zero-order valence-corrected chi connectivity index (χ0v) is 11.5. The third-order valence-electron chi connectivity index (χ3n) is 3.69. The van der Waals surface area contributed by atoms with Crippen LogP contribution in [-0.4, -0.2) is 29.4 Å². The van der Waals surface area contributed by atoms with Gasteiger partial charge in [-0.3, -0.25) is 0 Å². The molecular formula is C14H20ClNO2. The molecule has 0 heterocycles. The molecule has 0 aliphatic heterocycles. The molecule has 3 nitrogen and oxygen atoms in total. The van der Waals surface area contributed by atoms with E-state index in [9.17, 15) is 10.2 Å². The van der Waals surface area contributed by atoms with E-state index in [-0.39, 0.29) is 6.61 Å². The van der Waals surface area contributed by atoms with E-state index in [1.54, 1.807) is 6.07 Å². The Labute approximate surface area is 113 Å². The molecule has 4 heteroatoms. The van der Waals surface area contributed by atoms with Crippen LogP contribution in [0.5, 0.6) is 0 Å². The van der Waals surface area contributed by atoms with Gasteiger partial charge in [0.15, 0.2) is 0 Å². The van der Waals surface area contributed by atoms with Gasteiger partial charge in [0.1, 0.15) is 0 Å². The maximum Gasteiger partial charge on any atom is 0.0821 e. The minimum Gasteiger partial charge on any atom is -0.392 e.